The van der Waals surface area contributed by atoms with Crippen molar-refractivity contribution in [2.24, 2.45) is 23.0 Å². The number of carbonyl (C=O) groups excluding carboxylic acids is 3. The zero-order valence-corrected chi connectivity index (χ0v) is 26.5. The van der Waals surface area contributed by atoms with Crippen molar-refractivity contribution >= 4 is 23.7 Å². The predicted octanol–water partition coefficient (Wildman–Crippen LogP) is 3.85. The van der Waals surface area contributed by atoms with Crippen LogP contribution in [-0.4, -0.2) is 53.5 Å². The van der Waals surface area contributed by atoms with Crippen LogP contribution >= 0.6 is 0 Å². The standard InChI is InChI=1S/C30H46N4O6.C2H6/c1-18(2)15-23(28(37)38)34-29(39)30(5,6)17-32-27(36)20(4)33-24(35)10-8-7-9-19(3)25-26(40-25)22-13-11-21(16-31)12-14-22;1-2/h8,10-14,18-20,23,25-26H,7,9,15-17,31H2,1-6H3,(H,32,36)(H,33,35)(H,34,39)(H,37,38);1-2H3/b10-8+;/t19?,20-,23?,25?,26?;/m1./s1. The van der Waals surface area contributed by atoms with E-state index in [4.69, 9.17) is 10.5 Å². The Kier molecular flexibility index (Phi) is 15.5. The van der Waals surface area contributed by atoms with Crippen molar-refractivity contribution in [3.63, 3.8) is 0 Å². The highest BCUT2D eigenvalue weighted by molar-refractivity contribution is 5.93. The van der Waals surface area contributed by atoms with Gasteiger partial charge in [0.2, 0.25) is 17.7 Å². The van der Waals surface area contributed by atoms with Gasteiger partial charge in [-0.1, -0.05) is 65.0 Å². The number of carboxylic acid groups (broad SMARTS) is 1. The van der Waals surface area contributed by atoms with Gasteiger partial charge < -0.3 is 31.5 Å². The van der Waals surface area contributed by atoms with E-state index in [2.05, 4.69) is 35.0 Å². The molecule has 5 atom stereocenters. The van der Waals surface area contributed by atoms with Crippen LogP contribution in [0.4, 0.5) is 0 Å². The van der Waals surface area contributed by atoms with Crippen LogP contribution in [0.25, 0.3) is 0 Å². The summed E-state index contributed by atoms with van der Waals surface area (Å²) in [5.41, 5.74) is 6.85. The third-order valence-electron chi connectivity index (χ3n) is 7.07. The van der Waals surface area contributed by atoms with Gasteiger partial charge >= 0.3 is 5.97 Å². The molecule has 1 aliphatic rings. The van der Waals surface area contributed by atoms with Gasteiger partial charge in [0.1, 0.15) is 18.2 Å². The molecule has 0 saturated carbocycles. The molecule has 1 heterocycles. The summed E-state index contributed by atoms with van der Waals surface area (Å²) in [4.78, 5) is 48.9. The minimum atomic E-state index is -1.10. The third kappa shape index (κ3) is 12.3. The van der Waals surface area contributed by atoms with Gasteiger partial charge in [-0.3, -0.25) is 14.4 Å². The van der Waals surface area contributed by atoms with Crippen LogP contribution in [0.5, 0.6) is 0 Å². The van der Waals surface area contributed by atoms with Gasteiger partial charge in [0.25, 0.3) is 0 Å². The molecule has 0 aliphatic carbocycles. The molecule has 0 spiro atoms. The molecule has 10 heteroatoms. The number of ether oxygens (including phenoxy) is 1. The van der Waals surface area contributed by atoms with E-state index in [0.29, 0.717) is 25.3 Å². The van der Waals surface area contributed by atoms with E-state index in [1.54, 1.807) is 26.8 Å². The summed E-state index contributed by atoms with van der Waals surface area (Å²) in [6.45, 7) is 15.2. The number of carbonyl (C=O) groups is 4. The van der Waals surface area contributed by atoms with Gasteiger partial charge in [0.15, 0.2) is 0 Å². The zero-order chi connectivity index (χ0) is 32.0. The molecule has 42 heavy (non-hydrogen) atoms. The number of nitrogens with two attached hydrogens (primary N) is 1. The molecule has 0 bridgehead atoms. The van der Waals surface area contributed by atoms with Crippen molar-refractivity contribution in [2.45, 2.75) is 105 Å². The average molecular weight is 589 g/mol. The van der Waals surface area contributed by atoms with E-state index in [-0.39, 0.29) is 30.6 Å². The Morgan fingerprint density at radius 2 is 1.67 bits per heavy atom. The van der Waals surface area contributed by atoms with Crippen molar-refractivity contribution in [2.75, 3.05) is 6.54 Å². The number of allylic oxidation sites excluding steroid dienone is 1. The number of hydrogen-bond donors (Lipinski definition) is 5. The van der Waals surface area contributed by atoms with E-state index >= 15 is 0 Å². The molecule has 1 aromatic rings. The Hall–Kier alpha value is -3.24. The fraction of sp³-hybridized carbons (Fsp3) is 0.625. The van der Waals surface area contributed by atoms with Gasteiger partial charge in [-0.15, -0.1) is 0 Å². The Bertz CT molecular complexity index is 1050. The number of rotatable bonds is 16. The number of amides is 3. The first-order valence-electron chi connectivity index (χ1n) is 15.0. The minimum Gasteiger partial charge on any atom is -0.480 e. The average Bonchev–Trinajstić information content (AvgIpc) is 3.75. The van der Waals surface area contributed by atoms with Crippen molar-refractivity contribution in [1.29, 1.82) is 0 Å². The van der Waals surface area contributed by atoms with Crippen LogP contribution in [0.1, 0.15) is 91.9 Å². The monoisotopic (exact) mass is 588 g/mol. The maximum Gasteiger partial charge on any atom is 0.326 e. The van der Waals surface area contributed by atoms with Crippen molar-refractivity contribution in [3.8, 4) is 0 Å². The molecule has 1 fully saturated rings. The minimum absolute atomic E-state index is 0.0129. The lowest BCUT2D eigenvalue weighted by Crippen LogP contribution is -2.52. The second-order valence-corrected chi connectivity index (χ2v) is 11.7. The number of epoxide rings is 1. The summed E-state index contributed by atoms with van der Waals surface area (Å²) in [5.74, 6) is -1.97. The number of carboxylic acids is 1. The molecule has 236 valence electrons. The first-order valence-corrected chi connectivity index (χ1v) is 15.0. The molecule has 0 radical (unpaired) electrons. The summed E-state index contributed by atoms with van der Waals surface area (Å²) in [6.07, 6.45) is 5.33. The smallest absolute Gasteiger partial charge is 0.326 e. The number of hydrogen-bond acceptors (Lipinski definition) is 6. The van der Waals surface area contributed by atoms with Gasteiger partial charge in [-0.25, -0.2) is 4.79 Å². The first kappa shape index (κ1) is 36.8. The number of nitrogens with one attached hydrogen (secondary N) is 3. The van der Waals surface area contributed by atoms with Crippen molar-refractivity contribution < 1.29 is 29.0 Å². The highest BCUT2D eigenvalue weighted by Crippen LogP contribution is 2.44. The van der Waals surface area contributed by atoms with Crippen LogP contribution in [0.15, 0.2) is 36.4 Å². The summed E-state index contributed by atoms with van der Waals surface area (Å²) < 4.78 is 5.87. The SMILES string of the molecule is CC.CC(C)CC(NC(=O)C(C)(C)CNC(=O)[C@@H](C)NC(=O)/C=C/CCC(C)C1OC1c1ccc(CN)cc1)C(=O)O. The molecule has 6 N–H and O–H groups in total. The Labute approximate surface area is 251 Å². The third-order valence-corrected chi connectivity index (χ3v) is 7.07. The quantitative estimate of drug-likeness (QED) is 0.145. The molecule has 0 aromatic heterocycles. The maximum absolute atomic E-state index is 12.7. The topological polar surface area (TPSA) is 163 Å². The molecular weight excluding hydrogens is 536 g/mol. The van der Waals surface area contributed by atoms with E-state index in [1.165, 1.54) is 6.08 Å². The largest absolute Gasteiger partial charge is 0.480 e. The fourth-order valence-electron chi connectivity index (χ4n) is 4.30. The second-order valence-electron chi connectivity index (χ2n) is 11.7. The van der Waals surface area contributed by atoms with Gasteiger partial charge in [0.05, 0.1) is 11.5 Å². The highest BCUT2D eigenvalue weighted by Gasteiger charge is 2.43. The zero-order valence-electron chi connectivity index (χ0n) is 26.5. The predicted molar refractivity (Wildman–Crippen MR) is 164 cm³/mol. The molecule has 1 aliphatic heterocycles. The van der Waals surface area contributed by atoms with Crippen molar-refractivity contribution in [3.05, 3.63) is 47.5 Å². The summed E-state index contributed by atoms with van der Waals surface area (Å²) in [5, 5.41) is 17.2. The summed E-state index contributed by atoms with van der Waals surface area (Å²) >= 11 is 0. The molecule has 2 rings (SSSR count). The van der Waals surface area contributed by atoms with Crippen LogP contribution in [0.3, 0.4) is 0 Å². The van der Waals surface area contributed by atoms with E-state index in [1.807, 2.05) is 39.8 Å². The van der Waals surface area contributed by atoms with Gasteiger partial charge in [-0.2, -0.15) is 0 Å². The molecule has 3 amide bonds. The second kappa shape index (κ2) is 17.7. The summed E-state index contributed by atoms with van der Waals surface area (Å²) in [6, 6.07) is 6.34. The number of benzene rings is 1. The Morgan fingerprint density at radius 1 is 1.05 bits per heavy atom. The lowest BCUT2D eigenvalue weighted by molar-refractivity contribution is -0.144. The first-order chi connectivity index (χ1) is 19.7. The summed E-state index contributed by atoms with van der Waals surface area (Å²) in [7, 11) is 0. The molecule has 1 saturated heterocycles. The Balaban J connectivity index is 0.00000431. The van der Waals surface area contributed by atoms with Crippen LogP contribution in [0.2, 0.25) is 0 Å². The normalized spacial score (nSPS) is 18.3. The highest BCUT2D eigenvalue weighted by atomic mass is 16.6. The lowest BCUT2D eigenvalue weighted by Gasteiger charge is -2.27. The lowest BCUT2D eigenvalue weighted by atomic mass is 9.91. The number of aliphatic carboxylic acids is 1. The van der Waals surface area contributed by atoms with Gasteiger partial charge in [-0.05, 0) is 69.1 Å². The molecule has 10 nitrogen and oxygen atoms in total. The fourth-order valence-corrected chi connectivity index (χ4v) is 4.30. The molecular formula is C32H52N4O6. The van der Waals surface area contributed by atoms with Crippen LogP contribution < -0.4 is 21.7 Å². The van der Waals surface area contributed by atoms with E-state index in [9.17, 15) is 24.3 Å². The molecule has 1 aromatic carbocycles. The maximum atomic E-state index is 12.7. The molecule has 4 unspecified atom stereocenters. The van der Waals surface area contributed by atoms with Crippen LogP contribution in [0, 0.1) is 17.3 Å². The Morgan fingerprint density at radius 3 is 2.21 bits per heavy atom. The van der Waals surface area contributed by atoms with Crippen molar-refractivity contribution in [1.82, 2.24) is 16.0 Å². The van der Waals surface area contributed by atoms with E-state index < -0.39 is 35.3 Å². The van der Waals surface area contributed by atoms with E-state index in [0.717, 1.165) is 17.5 Å². The van der Waals surface area contributed by atoms with Gasteiger partial charge in [0, 0.05) is 13.1 Å². The van der Waals surface area contributed by atoms with Crippen LogP contribution in [-0.2, 0) is 30.5 Å².